The molecule has 0 radical (unpaired) electrons. The molecular formula is C12H14ClFN2O3. The molecule has 1 rings (SSSR count). The number of hydrogen-bond acceptors (Lipinski definition) is 3. The van der Waals surface area contributed by atoms with Crippen molar-refractivity contribution in [1.29, 1.82) is 0 Å². The topological polar surface area (TPSA) is 67.4 Å². The molecule has 7 heteroatoms. The number of nitrogens with one attached hydrogen (secondary N) is 2. The lowest BCUT2D eigenvalue weighted by Crippen LogP contribution is -2.44. The standard InChI is InChI=1S/C12H14ClFN2O3/c1-12(2,3)19-11(18)16-15-10(17)9-7(13)5-4-6-8(9)14/h4-6H,1-3H3,(H,15,17)(H,16,18). The number of amides is 2. The highest BCUT2D eigenvalue weighted by Crippen LogP contribution is 2.18. The maximum absolute atomic E-state index is 13.4. The fourth-order valence-electron chi connectivity index (χ4n) is 1.19. The normalized spacial score (nSPS) is 10.8. The number of carbonyl (C=O) groups excluding carboxylic acids is 2. The van der Waals surface area contributed by atoms with Crippen LogP contribution in [0.1, 0.15) is 31.1 Å². The molecule has 0 spiro atoms. The lowest BCUT2D eigenvalue weighted by molar-refractivity contribution is 0.0483. The maximum Gasteiger partial charge on any atom is 0.426 e. The number of hydrazine groups is 1. The predicted octanol–water partition coefficient (Wildman–Crippen LogP) is 2.65. The Morgan fingerprint density at radius 3 is 2.42 bits per heavy atom. The van der Waals surface area contributed by atoms with Crippen LogP contribution in [0.25, 0.3) is 0 Å². The van der Waals surface area contributed by atoms with Crippen LogP contribution in [-0.4, -0.2) is 17.6 Å². The van der Waals surface area contributed by atoms with E-state index >= 15 is 0 Å². The zero-order chi connectivity index (χ0) is 14.6. The van der Waals surface area contributed by atoms with Crippen molar-refractivity contribution in [2.24, 2.45) is 0 Å². The Bertz CT molecular complexity index is 480. The molecule has 1 aromatic carbocycles. The van der Waals surface area contributed by atoms with Gasteiger partial charge >= 0.3 is 6.09 Å². The van der Waals surface area contributed by atoms with E-state index in [1.807, 2.05) is 10.9 Å². The Morgan fingerprint density at radius 1 is 1.26 bits per heavy atom. The molecular weight excluding hydrogens is 275 g/mol. The summed E-state index contributed by atoms with van der Waals surface area (Å²) in [6.07, 6.45) is -0.853. The smallest absolute Gasteiger partial charge is 0.426 e. The number of halogens is 2. The summed E-state index contributed by atoms with van der Waals surface area (Å²) >= 11 is 5.70. The summed E-state index contributed by atoms with van der Waals surface area (Å²) < 4.78 is 18.3. The first-order valence-corrected chi connectivity index (χ1v) is 5.82. The molecule has 0 aliphatic rings. The highest BCUT2D eigenvalue weighted by molar-refractivity contribution is 6.33. The SMILES string of the molecule is CC(C)(C)OC(=O)NNC(=O)c1c(F)cccc1Cl. The Morgan fingerprint density at radius 2 is 1.89 bits per heavy atom. The van der Waals surface area contributed by atoms with Crippen LogP contribution in [0.5, 0.6) is 0 Å². The molecule has 0 aromatic heterocycles. The highest BCUT2D eigenvalue weighted by Gasteiger charge is 2.19. The van der Waals surface area contributed by atoms with E-state index in [1.165, 1.54) is 12.1 Å². The van der Waals surface area contributed by atoms with E-state index in [2.05, 4.69) is 0 Å². The van der Waals surface area contributed by atoms with Crippen molar-refractivity contribution in [3.63, 3.8) is 0 Å². The Kier molecular flexibility index (Phi) is 4.72. The van der Waals surface area contributed by atoms with Crippen LogP contribution < -0.4 is 10.9 Å². The van der Waals surface area contributed by atoms with Gasteiger partial charge in [-0.05, 0) is 32.9 Å². The van der Waals surface area contributed by atoms with Gasteiger partial charge in [-0.3, -0.25) is 10.2 Å². The largest absolute Gasteiger partial charge is 0.443 e. The monoisotopic (exact) mass is 288 g/mol. The van der Waals surface area contributed by atoms with Crippen LogP contribution in [0.3, 0.4) is 0 Å². The van der Waals surface area contributed by atoms with Crippen LogP contribution in [0, 0.1) is 5.82 Å². The van der Waals surface area contributed by atoms with Gasteiger partial charge in [-0.1, -0.05) is 17.7 Å². The molecule has 0 saturated heterocycles. The van der Waals surface area contributed by atoms with Crippen molar-refractivity contribution in [3.05, 3.63) is 34.6 Å². The number of rotatable bonds is 1. The third kappa shape index (κ3) is 4.75. The van der Waals surface area contributed by atoms with Gasteiger partial charge in [0.15, 0.2) is 0 Å². The van der Waals surface area contributed by atoms with Crippen molar-refractivity contribution >= 4 is 23.6 Å². The quantitative estimate of drug-likeness (QED) is 0.781. The second-order valence-electron chi connectivity index (χ2n) is 4.68. The summed E-state index contributed by atoms with van der Waals surface area (Å²) in [5.41, 5.74) is 2.97. The van der Waals surface area contributed by atoms with Gasteiger partial charge in [-0.2, -0.15) is 0 Å². The van der Waals surface area contributed by atoms with E-state index in [0.29, 0.717) is 0 Å². The minimum absolute atomic E-state index is 0.0523. The van der Waals surface area contributed by atoms with Crippen molar-refractivity contribution < 1.29 is 18.7 Å². The predicted molar refractivity (Wildman–Crippen MR) is 68.2 cm³/mol. The van der Waals surface area contributed by atoms with Gasteiger partial charge in [0.2, 0.25) is 0 Å². The molecule has 0 bridgehead atoms. The molecule has 0 fully saturated rings. The van der Waals surface area contributed by atoms with Crippen LogP contribution >= 0.6 is 11.6 Å². The lowest BCUT2D eigenvalue weighted by Gasteiger charge is -2.19. The van der Waals surface area contributed by atoms with E-state index in [1.54, 1.807) is 20.8 Å². The zero-order valence-corrected chi connectivity index (χ0v) is 11.5. The second kappa shape index (κ2) is 5.88. The molecule has 2 amide bonds. The van der Waals surface area contributed by atoms with Gasteiger partial charge in [-0.25, -0.2) is 14.6 Å². The van der Waals surface area contributed by atoms with Gasteiger partial charge in [0.25, 0.3) is 5.91 Å². The molecule has 19 heavy (non-hydrogen) atoms. The first kappa shape index (κ1) is 15.2. The summed E-state index contributed by atoms with van der Waals surface area (Å²) in [5, 5.41) is -0.0523. The molecule has 0 aliphatic carbocycles. The third-order valence-electron chi connectivity index (χ3n) is 1.87. The van der Waals surface area contributed by atoms with Gasteiger partial charge in [0.1, 0.15) is 11.4 Å². The van der Waals surface area contributed by atoms with Gasteiger partial charge in [0.05, 0.1) is 10.6 Å². The Labute approximate surface area is 115 Å². The fourth-order valence-corrected chi connectivity index (χ4v) is 1.44. The molecule has 0 atom stereocenters. The molecule has 2 N–H and O–H groups in total. The highest BCUT2D eigenvalue weighted by atomic mass is 35.5. The molecule has 0 aliphatic heterocycles. The zero-order valence-electron chi connectivity index (χ0n) is 10.7. The Balaban J connectivity index is 2.64. The summed E-state index contributed by atoms with van der Waals surface area (Å²) in [6, 6.07) is 3.83. The molecule has 0 saturated carbocycles. The minimum atomic E-state index is -0.867. The first-order valence-electron chi connectivity index (χ1n) is 5.44. The van der Waals surface area contributed by atoms with Gasteiger partial charge < -0.3 is 4.74 Å². The number of benzene rings is 1. The molecule has 0 heterocycles. The van der Waals surface area contributed by atoms with Crippen LogP contribution in [0.2, 0.25) is 5.02 Å². The van der Waals surface area contributed by atoms with Crippen molar-refractivity contribution in [1.82, 2.24) is 10.9 Å². The summed E-state index contributed by atoms with van der Waals surface area (Å²) in [7, 11) is 0. The number of carbonyl (C=O) groups is 2. The second-order valence-corrected chi connectivity index (χ2v) is 5.08. The lowest BCUT2D eigenvalue weighted by atomic mass is 10.2. The van der Waals surface area contributed by atoms with Crippen LogP contribution in [-0.2, 0) is 4.74 Å². The number of hydrogen-bond donors (Lipinski definition) is 2. The van der Waals surface area contributed by atoms with E-state index < -0.39 is 23.4 Å². The first-order chi connectivity index (χ1) is 8.70. The molecule has 1 aromatic rings. The van der Waals surface area contributed by atoms with E-state index in [-0.39, 0.29) is 10.6 Å². The van der Waals surface area contributed by atoms with E-state index in [9.17, 15) is 14.0 Å². The average molecular weight is 289 g/mol. The van der Waals surface area contributed by atoms with E-state index in [4.69, 9.17) is 16.3 Å². The molecule has 0 unspecified atom stereocenters. The summed E-state index contributed by atoms with van der Waals surface area (Å²) in [4.78, 5) is 22.9. The average Bonchev–Trinajstić information content (AvgIpc) is 2.23. The number of ether oxygens (including phenoxy) is 1. The van der Waals surface area contributed by atoms with Crippen LogP contribution in [0.4, 0.5) is 9.18 Å². The summed E-state index contributed by atoms with van der Waals surface area (Å²) in [5.74, 6) is -1.65. The molecule has 104 valence electrons. The van der Waals surface area contributed by atoms with Crippen LogP contribution in [0.15, 0.2) is 18.2 Å². The Hall–Kier alpha value is -1.82. The fraction of sp³-hybridized carbons (Fsp3) is 0.333. The maximum atomic E-state index is 13.4. The van der Waals surface area contributed by atoms with Crippen molar-refractivity contribution in [2.75, 3.05) is 0 Å². The van der Waals surface area contributed by atoms with Gasteiger partial charge in [0, 0.05) is 0 Å². The van der Waals surface area contributed by atoms with Crippen molar-refractivity contribution in [2.45, 2.75) is 26.4 Å². The van der Waals surface area contributed by atoms with Gasteiger partial charge in [-0.15, -0.1) is 0 Å². The third-order valence-corrected chi connectivity index (χ3v) is 2.18. The summed E-state index contributed by atoms with van der Waals surface area (Å²) in [6.45, 7) is 5.01. The van der Waals surface area contributed by atoms with Crippen molar-refractivity contribution in [3.8, 4) is 0 Å². The molecule has 5 nitrogen and oxygen atoms in total. The minimum Gasteiger partial charge on any atom is -0.443 e. The van der Waals surface area contributed by atoms with E-state index in [0.717, 1.165) is 6.07 Å².